The summed E-state index contributed by atoms with van der Waals surface area (Å²) in [7, 11) is 0. The Labute approximate surface area is 111 Å². The second-order valence-electron chi connectivity index (χ2n) is 4.52. The van der Waals surface area contributed by atoms with Gasteiger partial charge in [0.1, 0.15) is 17.5 Å². The molecule has 0 saturated heterocycles. The fourth-order valence-electron chi connectivity index (χ4n) is 1.79. The molecule has 0 amide bonds. The first-order valence-electron chi connectivity index (χ1n) is 7.08. The Morgan fingerprint density at radius 3 is 2.17 bits per heavy atom. The Kier molecular flexibility index (Phi) is 6.47. The van der Waals surface area contributed by atoms with E-state index in [0.29, 0.717) is 0 Å². The minimum Gasteiger partial charge on any atom is -0.370 e. The van der Waals surface area contributed by atoms with E-state index in [2.05, 4.69) is 48.3 Å². The standard InChI is InChI=1S/C14H26N4/c1-5-8-10-16-14-11(4)13(15-7-3)17-12(18-14)9-6-2/h5-10H2,1-4H3,(H2,15,16,17,18). The summed E-state index contributed by atoms with van der Waals surface area (Å²) >= 11 is 0. The molecule has 1 aromatic rings. The zero-order valence-electron chi connectivity index (χ0n) is 12.1. The molecule has 0 unspecified atom stereocenters. The number of nitrogens with one attached hydrogen (secondary N) is 2. The van der Waals surface area contributed by atoms with Gasteiger partial charge in [0, 0.05) is 25.1 Å². The Morgan fingerprint density at radius 2 is 1.61 bits per heavy atom. The third-order valence-electron chi connectivity index (χ3n) is 2.83. The fourth-order valence-corrected chi connectivity index (χ4v) is 1.79. The Balaban J connectivity index is 2.90. The highest BCUT2D eigenvalue weighted by molar-refractivity contribution is 5.57. The van der Waals surface area contributed by atoms with E-state index in [0.717, 1.165) is 49.0 Å². The average Bonchev–Trinajstić information content (AvgIpc) is 2.35. The summed E-state index contributed by atoms with van der Waals surface area (Å²) in [6.07, 6.45) is 4.37. The van der Waals surface area contributed by atoms with Crippen molar-refractivity contribution in [3.63, 3.8) is 0 Å². The largest absolute Gasteiger partial charge is 0.370 e. The van der Waals surface area contributed by atoms with Crippen LogP contribution in [-0.4, -0.2) is 23.1 Å². The van der Waals surface area contributed by atoms with Gasteiger partial charge in [0.25, 0.3) is 0 Å². The molecule has 0 aliphatic rings. The third-order valence-corrected chi connectivity index (χ3v) is 2.83. The molecule has 0 spiro atoms. The van der Waals surface area contributed by atoms with Crippen molar-refractivity contribution in [3.05, 3.63) is 11.4 Å². The summed E-state index contributed by atoms with van der Waals surface area (Å²) in [6, 6.07) is 0. The van der Waals surface area contributed by atoms with Gasteiger partial charge in [0.05, 0.1) is 0 Å². The number of unbranched alkanes of at least 4 members (excludes halogenated alkanes) is 1. The van der Waals surface area contributed by atoms with Crippen molar-refractivity contribution in [2.75, 3.05) is 23.7 Å². The molecule has 4 nitrogen and oxygen atoms in total. The molecule has 2 N–H and O–H groups in total. The van der Waals surface area contributed by atoms with Crippen molar-refractivity contribution in [3.8, 4) is 0 Å². The first-order valence-corrected chi connectivity index (χ1v) is 7.08. The minimum absolute atomic E-state index is 0.887. The van der Waals surface area contributed by atoms with Crippen molar-refractivity contribution in [2.24, 2.45) is 0 Å². The van der Waals surface area contributed by atoms with Gasteiger partial charge in [-0.1, -0.05) is 20.3 Å². The molecule has 0 aromatic carbocycles. The van der Waals surface area contributed by atoms with E-state index in [1.807, 2.05) is 0 Å². The molecule has 4 heteroatoms. The maximum Gasteiger partial charge on any atom is 0.134 e. The number of aryl methyl sites for hydroxylation is 1. The van der Waals surface area contributed by atoms with Crippen LogP contribution in [0.2, 0.25) is 0 Å². The molecule has 1 heterocycles. The van der Waals surface area contributed by atoms with E-state index >= 15 is 0 Å². The van der Waals surface area contributed by atoms with Crippen LogP contribution in [0.15, 0.2) is 0 Å². The number of aromatic nitrogens is 2. The summed E-state index contributed by atoms with van der Waals surface area (Å²) in [5, 5.41) is 6.73. The summed E-state index contributed by atoms with van der Waals surface area (Å²) in [6.45, 7) is 10.4. The van der Waals surface area contributed by atoms with Gasteiger partial charge in [-0.05, 0) is 26.7 Å². The van der Waals surface area contributed by atoms with Gasteiger partial charge < -0.3 is 10.6 Å². The first-order chi connectivity index (χ1) is 8.72. The summed E-state index contributed by atoms with van der Waals surface area (Å²) in [5.74, 6) is 2.88. The first kappa shape index (κ1) is 14.7. The van der Waals surface area contributed by atoms with Gasteiger partial charge in [-0.2, -0.15) is 0 Å². The monoisotopic (exact) mass is 250 g/mol. The normalized spacial score (nSPS) is 10.4. The second-order valence-corrected chi connectivity index (χ2v) is 4.52. The second kappa shape index (κ2) is 7.90. The highest BCUT2D eigenvalue weighted by Gasteiger charge is 2.09. The third kappa shape index (κ3) is 4.17. The van der Waals surface area contributed by atoms with Gasteiger partial charge in [-0.15, -0.1) is 0 Å². The molecule has 0 saturated carbocycles. The Morgan fingerprint density at radius 1 is 0.944 bits per heavy atom. The van der Waals surface area contributed by atoms with Crippen molar-refractivity contribution in [1.82, 2.24) is 9.97 Å². The predicted octanol–water partition coefficient (Wildman–Crippen LogP) is 3.38. The molecule has 18 heavy (non-hydrogen) atoms. The van der Waals surface area contributed by atoms with Crippen LogP contribution >= 0.6 is 0 Å². The Hall–Kier alpha value is -1.32. The van der Waals surface area contributed by atoms with Crippen LogP contribution in [0.1, 0.15) is 51.4 Å². The number of nitrogens with zero attached hydrogens (tertiary/aromatic N) is 2. The van der Waals surface area contributed by atoms with E-state index in [1.165, 1.54) is 12.8 Å². The van der Waals surface area contributed by atoms with Gasteiger partial charge in [0.2, 0.25) is 0 Å². The maximum atomic E-state index is 4.61. The highest BCUT2D eigenvalue weighted by Crippen LogP contribution is 2.20. The molecule has 0 bridgehead atoms. The van der Waals surface area contributed by atoms with Crippen LogP contribution in [-0.2, 0) is 6.42 Å². The van der Waals surface area contributed by atoms with Crippen molar-refractivity contribution < 1.29 is 0 Å². The lowest BCUT2D eigenvalue weighted by atomic mass is 10.2. The molecule has 0 fully saturated rings. The number of hydrogen-bond donors (Lipinski definition) is 2. The summed E-state index contributed by atoms with van der Waals surface area (Å²) in [4.78, 5) is 9.19. The van der Waals surface area contributed by atoms with Gasteiger partial charge in [-0.25, -0.2) is 9.97 Å². The van der Waals surface area contributed by atoms with Crippen LogP contribution in [0.25, 0.3) is 0 Å². The molecule has 0 atom stereocenters. The summed E-state index contributed by atoms with van der Waals surface area (Å²) < 4.78 is 0. The number of anilines is 2. The van der Waals surface area contributed by atoms with E-state index < -0.39 is 0 Å². The molecule has 1 aromatic heterocycles. The average molecular weight is 250 g/mol. The smallest absolute Gasteiger partial charge is 0.134 e. The molecule has 0 aliphatic heterocycles. The van der Waals surface area contributed by atoms with Crippen LogP contribution in [0, 0.1) is 6.92 Å². The fraction of sp³-hybridized carbons (Fsp3) is 0.714. The van der Waals surface area contributed by atoms with Crippen LogP contribution < -0.4 is 10.6 Å². The van der Waals surface area contributed by atoms with Crippen molar-refractivity contribution in [2.45, 2.75) is 53.4 Å². The Bertz CT molecular complexity index is 363. The molecular formula is C14H26N4. The lowest BCUT2D eigenvalue weighted by Crippen LogP contribution is -2.12. The molecule has 1 rings (SSSR count). The van der Waals surface area contributed by atoms with Crippen LogP contribution in [0.5, 0.6) is 0 Å². The van der Waals surface area contributed by atoms with E-state index in [9.17, 15) is 0 Å². The quantitative estimate of drug-likeness (QED) is 0.694. The maximum absolute atomic E-state index is 4.61. The SMILES string of the molecule is CCCCNc1nc(CCC)nc(NCC)c1C. The zero-order valence-corrected chi connectivity index (χ0v) is 12.1. The zero-order chi connectivity index (χ0) is 13.4. The van der Waals surface area contributed by atoms with Gasteiger partial charge >= 0.3 is 0 Å². The lowest BCUT2D eigenvalue weighted by Gasteiger charge is -2.14. The topological polar surface area (TPSA) is 49.8 Å². The minimum atomic E-state index is 0.887. The van der Waals surface area contributed by atoms with E-state index in [1.54, 1.807) is 0 Å². The number of rotatable bonds is 8. The molecular weight excluding hydrogens is 224 g/mol. The van der Waals surface area contributed by atoms with Crippen LogP contribution in [0.3, 0.4) is 0 Å². The van der Waals surface area contributed by atoms with Gasteiger partial charge in [0.15, 0.2) is 0 Å². The summed E-state index contributed by atoms with van der Waals surface area (Å²) in [5.41, 5.74) is 1.12. The number of hydrogen-bond acceptors (Lipinski definition) is 4. The van der Waals surface area contributed by atoms with Crippen molar-refractivity contribution in [1.29, 1.82) is 0 Å². The molecule has 0 aliphatic carbocycles. The lowest BCUT2D eigenvalue weighted by molar-refractivity contribution is 0.810. The predicted molar refractivity (Wildman–Crippen MR) is 78.3 cm³/mol. The highest BCUT2D eigenvalue weighted by atomic mass is 15.1. The molecule has 0 radical (unpaired) electrons. The van der Waals surface area contributed by atoms with Gasteiger partial charge in [-0.3, -0.25) is 0 Å². The van der Waals surface area contributed by atoms with E-state index in [-0.39, 0.29) is 0 Å². The van der Waals surface area contributed by atoms with Crippen molar-refractivity contribution >= 4 is 11.6 Å². The van der Waals surface area contributed by atoms with Crippen LogP contribution in [0.4, 0.5) is 11.6 Å². The van der Waals surface area contributed by atoms with E-state index in [4.69, 9.17) is 0 Å². The molecule has 102 valence electrons.